The van der Waals surface area contributed by atoms with Crippen LogP contribution in [0.5, 0.6) is 0 Å². The van der Waals surface area contributed by atoms with Gasteiger partial charge in [0.15, 0.2) is 5.96 Å². The number of benzene rings is 1. The normalized spacial score (nSPS) is 16.8. The summed E-state index contributed by atoms with van der Waals surface area (Å²) in [6.45, 7) is 4.63. The van der Waals surface area contributed by atoms with E-state index in [1.807, 2.05) is 13.8 Å². The van der Waals surface area contributed by atoms with E-state index in [1.54, 1.807) is 13.1 Å². The highest BCUT2D eigenvalue weighted by Gasteiger charge is 2.38. The van der Waals surface area contributed by atoms with Gasteiger partial charge in [0.2, 0.25) is 5.89 Å². The molecule has 0 aliphatic heterocycles. The van der Waals surface area contributed by atoms with E-state index in [4.69, 9.17) is 4.42 Å². The largest absolute Gasteiger partial charge is 0.444 e. The van der Waals surface area contributed by atoms with Gasteiger partial charge in [-0.25, -0.2) is 4.98 Å². The van der Waals surface area contributed by atoms with E-state index in [2.05, 4.69) is 20.6 Å². The van der Waals surface area contributed by atoms with Gasteiger partial charge in [-0.05, 0) is 38.3 Å². The average molecular weight is 408 g/mol. The maximum Gasteiger partial charge on any atom is 0.416 e. The second kappa shape index (κ2) is 8.47. The maximum atomic E-state index is 13.2. The minimum atomic E-state index is -4.34. The first-order valence-electron chi connectivity index (χ1n) is 9.79. The van der Waals surface area contributed by atoms with Crippen molar-refractivity contribution in [2.45, 2.75) is 57.7 Å². The van der Waals surface area contributed by atoms with Crippen LogP contribution in [0.2, 0.25) is 0 Å². The van der Waals surface area contributed by atoms with Gasteiger partial charge in [-0.2, -0.15) is 13.2 Å². The van der Waals surface area contributed by atoms with Crippen LogP contribution in [0.25, 0.3) is 0 Å². The van der Waals surface area contributed by atoms with Crippen molar-refractivity contribution >= 4 is 5.96 Å². The van der Waals surface area contributed by atoms with Crippen LogP contribution in [-0.2, 0) is 18.1 Å². The molecule has 3 rings (SSSR count). The molecule has 1 aromatic carbocycles. The Morgan fingerprint density at radius 1 is 1.21 bits per heavy atom. The molecule has 5 nitrogen and oxygen atoms in total. The highest BCUT2D eigenvalue weighted by molar-refractivity contribution is 5.79. The SMILES string of the molecule is CN=C(NCc1nc(C)c(C)o1)NCC1(c2cccc(C(F)(F)F)c2)CCCC1. The minimum Gasteiger partial charge on any atom is -0.444 e. The molecular weight excluding hydrogens is 381 g/mol. The second-order valence-electron chi connectivity index (χ2n) is 7.59. The molecule has 2 N–H and O–H groups in total. The van der Waals surface area contributed by atoms with Gasteiger partial charge in [-0.15, -0.1) is 0 Å². The van der Waals surface area contributed by atoms with Gasteiger partial charge in [0.25, 0.3) is 0 Å². The fraction of sp³-hybridized carbons (Fsp3) is 0.524. The summed E-state index contributed by atoms with van der Waals surface area (Å²) in [7, 11) is 1.66. The van der Waals surface area contributed by atoms with Crippen molar-refractivity contribution in [3.05, 3.63) is 52.7 Å². The maximum absolute atomic E-state index is 13.2. The van der Waals surface area contributed by atoms with Crippen LogP contribution >= 0.6 is 0 Å². The van der Waals surface area contributed by atoms with Gasteiger partial charge in [-0.3, -0.25) is 4.99 Å². The minimum absolute atomic E-state index is 0.338. The van der Waals surface area contributed by atoms with Gasteiger partial charge < -0.3 is 15.1 Å². The molecule has 1 aliphatic carbocycles. The van der Waals surface area contributed by atoms with Crippen molar-refractivity contribution in [3.8, 4) is 0 Å². The molecule has 0 atom stereocenters. The fourth-order valence-corrected chi connectivity index (χ4v) is 3.89. The van der Waals surface area contributed by atoms with Gasteiger partial charge in [0, 0.05) is 19.0 Å². The molecule has 0 unspecified atom stereocenters. The van der Waals surface area contributed by atoms with Crippen molar-refractivity contribution in [2.24, 2.45) is 4.99 Å². The van der Waals surface area contributed by atoms with Gasteiger partial charge >= 0.3 is 6.18 Å². The lowest BCUT2D eigenvalue weighted by atomic mass is 9.78. The van der Waals surface area contributed by atoms with Crippen LogP contribution in [0.1, 0.15) is 54.2 Å². The molecule has 0 saturated heterocycles. The van der Waals surface area contributed by atoms with E-state index in [1.165, 1.54) is 12.1 Å². The van der Waals surface area contributed by atoms with Crippen LogP contribution < -0.4 is 10.6 Å². The average Bonchev–Trinajstić information content (AvgIpc) is 3.29. The number of alkyl halides is 3. The topological polar surface area (TPSA) is 62.5 Å². The van der Waals surface area contributed by atoms with Crippen molar-refractivity contribution < 1.29 is 17.6 Å². The number of rotatable bonds is 5. The zero-order valence-corrected chi connectivity index (χ0v) is 17.0. The lowest BCUT2D eigenvalue weighted by Gasteiger charge is -2.31. The molecule has 158 valence electrons. The molecule has 8 heteroatoms. The van der Waals surface area contributed by atoms with Gasteiger partial charge in [-0.1, -0.05) is 31.0 Å². The smallest absolute Gasteiger partial charge is 0.416 e. The van der Waals surface area contributed by atoms with Crippen molar-refractivity contribution in [1.82, 2.24) is 15.6 Å². The van der Waals surface area contributed by atoms with E-state index in [9.17, 15) is 13.2 Å². The van der Waals surface area contributed by atoms with Crippen LogP contribution in [-0.4, -0.2) is 24.5 Å². The summed E-state index contributed by atoms with van der Waals surface area (Å²) in [5.41, 5.74) is 0.638. The van der Waals surface area contributed by atoms with Crippen LogP contribution in [0, 0.1) is 13.8 Å². The first-order valence-corrected chi connectivity index (χ1v) is 9.79. The van der Waals surface area contributed by atoms with E-state index in [0.29, 0.717) is 24.9 Å². The Labute approximate surface area is 168 Å². The number of halogens is 3. The fourth-order valence-electron chi connectivity index (χ4n) is 3.89. The quantitative estimate of drug-likeness (QED) is 0.565. The number of hydrogen-bond acceptors (Lipinski definition) is 3. The first-order chi connectivity index (χ1) is 13.7. The molecule has 1 aliphatic rings. The lowest BCUT2D eigenvalue weighted by molar-refractivity contribution is -0.137. The molecule has 0 spiro atoms. The summed E-state index contributed by atoms with van der Waals surface area (Å²) in [5.74, 6) is 1.91. The van der Waals surface area contributed by atoms with Gasteiger partial charge in [0.05, 0.1) is 17.8 Å². The zero-order valence-electron chi connectivity index (χ0n) is 17.0. The Morgan fingerprint density at radius 3 is 2.52 bits per heavy atom. The second-order valence-corrected chi connectivity index (χ2v) is 7.59. The highest BCUT2D eigenvalue weighted by Crippen LogP contribution is 2.42. The van der Waals surface area contributed by atoms with Crippen LogP contribution in [0.15, 0.2) is 33.7 Å². The number of hydrogen-bond donors (Lipinski definition) is 2. The van der Waals surface area contributed by atoms with Crippen LogP contribution in [0.3, 0.4) is 0 Å². The zero-order chi connectivity index (χ0) is 21.1. The summed E-state index contributed by atoms with van der Waals surface area (Å²) >= 11 is 0. The Morgan fingerprint density at radius 2 is 1.93 bits per heavy atom. The summed E-state index contributed by atoms with van der Waals surface area (Å²) < 4.78 is 45.1. The standard InChI is InChI=1S/C21H27F3N4O/c1-14-15(2)29-18(28-14)12-26-19(25-3)27-13-20(9-4-5-10-20)16-7-6-8-17(11-16)21(22,23)24/h6-8,11H,4-5,9-10,12-13H2,1-3H3,(H2,25,26,27). The van der Waals surface area contributed by atoms with E-state index in [0.717, 1.165) is 48.8 Å². The Bertz CT molecular complexity index is 848. The molecule has 2 aromatic rings. The number of aryl methyl sites for hydroxylation is 2. The summed E-state index contributed by atoms with van der Waals surface area (Å²) in [5, 5.41) is 6.45. The molecule has 29 heavy (non-hydrogen) atoms. The number of nitrogens with one attached hydrogen (secondary N) is 2. The Kier molecular flexibility index (Phi) is 6.19. The molecule has 0 amide bonds. The van der Waals surface area contributed by atoms with Crippen molar-refractivity contribution in [1.29, 1.82) is 0 Å². The molecule has 1 aromatic heterocycles. The summed E-state index contributed by atoms with van der Waals surface area (Å²) in [4.78, 5) is 8.55. The monoisotopic (exact) mass is 408 g/mol. The van der Waals surface area contributed by atoms with Crippen molar-refractivity contribution in [2.75, 3.05) is 13.6 Å². The third-order valence-electron chi connectivity index (χ3n) is 5.66. The molecular formula is C21H27F3N4O. The van der Waals surface area contributed by atoms with E-state index < -0.39 is 11.7 Å². The van der Waals surface area contributed by atoms with Crippen LogP contribution in [0.4, 0.5) is 13.2 Å². The first kappa shape index (κ1) is 21.2. The highest BCUT2D eigenvalue weighted by atomic mass is 19.4. The number of aliphatic imine (C=N–C) groups is 1. The Balaban J connectivity index is 1.70. The number of guanidine groups is 1. The molecule has 1 heterocycles. The molecule has 1 fully saturated rings. The third kappa shape index (κ3) is 4.92. The number of aromatic nitrogens is 1. The Hall–Kier alpha value is -2.51. The molecule has 1 saturated carbocycles. The third-order valence-corrected chi connectivity index (χ3v) is 5.66. The summed E-state index contributed by atoms with van der Waals surface area (Å²) in [6, 6.07) is 5.72. The van der Waals surface area contributed by atoms with E-state index >= 15 is 0 Å². The predicted octanol–water partition coefficient (Wildman–Crippen LogP) is 4.49. The summed E-state index contributed by atoms with van der Waals surface area (Å²) in [6.07, 6.45) is -0.655. The predicted molar refractivity (Wildman–Crippen MR) is 106 cm³/mol. The molecule has 0 radical (unpaired) electrons. The molecule has 0 bridgehead atoms. The van der Waals surface area contributed by atoms with E-state index in [-0.39, 0.29) is 5.41 Å². The number of nitrogens with zero attached hydrogens (tertiary/aromatic N) is 2. The number of oxazole rings is 1. The van der Waals surface area contributed by atoms with Gasteiger partial charge in [0.1, 0.15) is 5.76 Å². The lowest BCUT2D eigenvalue weighted by Crippen LogP contribution is -2.44. The van der Waals surface area contributed by atoms with Crippen molar-refractivity contribution in [3.63, 3.8) is 0 Å².